The zero-order valence-electron chi connectivity index (χ0n) is 10.7. The fraction of sp³-hybridized carbons (Fsp3) is 0.600. The SMILES string of the molecule is CCC1CC(CC)(CC)Nc2ccccc21. The average molecular weight is 217 g/mol. The van der Waals surface area contributed by atoms with E-state index < -0.39 is 0 Å². The molecule has 0 amide bonds. The van der Waals surface area contributed by atoms with Gasteiger partial charge < -0.3 is 5.32 Å². The number of rotatable bonds is 3. The smallest absolute Gasteiger partial charge is 0.0379 e. The molecule has 1 atom stereocenters. The van der Waals surface area contributed by atoms with Crippen LogP contribution in [0.25, 0.3) is 0 Å². The summed E-state index contributed by atoms with van der Waals surface area (Å²) in [7, 11) is 0. The van der Waals surface area contributed by atoms with Gasteiger partial charge in [-0.05, 0) is 43.2 Å². The third kappa shape index (κ3) is 1.83. The van der Waals surface area contributed by atoms with Gasteiger partial charge in [-0.3, -0.25) is 0 Å². The number of fused-ring (bicyclic) bond motifs is 1. The summed E-state index contributed by atoms with van der Waals surface area (Å²) in [4.78, 5) is 0. The molecule has 0 bridgehead atoms. The van der Waals surface area contributed by atoms with Crippen molar-refractivity contribution in [3.05, 3.63) is 29.8 Å². The zero-order valence-corrected chi connectivity index (χ0v) is 10.7. The van der Waals surface area contributed by atoms with E-state index in [1.54, 1.807) is 0 Å². The van der Waals surface area contributed by atoms with E-state index in [2.05, 4.69) is 50.4 Å². The van der Waals surface area contributed by atoms with E-state index in [9.17, 15) is 0 Å². The van der Waals surface area contributed by atoms with Gasteiger partial charge in [0.25, 0.3) is 0 Å². The lowest BCUT2D eigenvalue weighted by atomic mass is 9.75. The lowest BCUT2D eigenvalue weighted by Crippen LogP contribution is -2.42. The van der Waals surface area contributed by atoms with Crippen molar-refractivity contribution in [3.63, 3.8) is 0 Å². The van der Waals surface area contributed by atoms with E-state index in [-0.39, 0.29) is 0 Å². The van der Waals surface area contributed by atoms with Gasteiger partial charge in [-0.2, -0.15) is 0 Å². The second-order valence-electron chi connectivity index (χ2n) is 5.01. The first-order chi connectivity index (χ1) is 7.74. The molecule has 0 aromatic heterocycles. The molecule has 1 heteroatoms. The number of para-hydroxylation sites is 1. The number of hydrogen-bond donors (Lipinski definition) is 1. The van der Waals surface area contributed by atoms with Gasteiger partial charge in [0, 0.05) is 11.2 Å². The Morgan fingerprint density at radius 1 is 1.19 bits per heavy atom. The van der Waals surface area contributed by atoms with Crippen molar-refractivity contribution in [2.75, 3.05) is 5.32 Å². The number of nitrogens with one attached hydrogen (secondary N) is 1. The largest absolute Gasteiger partial charge is 0.379 e. The second-order valence-corrected chi connectivity index (χ2v) is 5.01. The van der Waals surface area contributed by atoms with Gasteiger partial charge in [0.15, 0.2) is 0 Å². The standard InChI is InChI=1S/C15H23N/c1-4-12-11-15(5-2,6-3)16-14-10-8-7-9-13(12)14/h7-10,12,16H,4-6,11H2,1-3H3. The molecule has 0 fully saturated rings. The maximum Gasteiger partial charge on any atom is 0.0379 e. The van der Waals surface area contributed by atoms with Crippen LogP contribution in [0.3, 0.4) is 0 Å². The second kappa shape index (κ2) is 4.48. The Bertz CT molecular complexity index is 352. The highest BCUT2D eigenvalue weighted by Gasteiger charge is 2.34. The Labute approximate surface area is 99.3 Å². The maximum atomic E-state index is 3.77. The molecule has 16 heavy (non-hydrogen) atoms. The van der Waals surface area contributed by atoms with Gasteiger partial charge >= 0.3 is 0 Å². The number of hydrogen-bond acceptors (Lipinski definition) is 1. The normalized spacial score (nSPS) is 22.3. The van der Waals surface area contributed by atoms with Gasteiger partial charge in [0.1, 0.15) is 0 Å². The van der Waals surface area contributed by atoms with Gasteiger partial charge in [-0.15, -0.1) is 0 Å². The lowest BCUT2D eigenvalue weighted by Gasteiger charge is -2.42. The summed E-state index contributed by atoms with van der Waals surface area (Å²) < 4.78 is 0. The Hall–Kier alpha value is -0.980. The van der Waals surface area contributed by atoms with Crippen molar-refractivity contribution in [2.24, 2.45) is 0 Å². The Morgan fingerprint density at radius 2 is 1.88 bits per heavy atom. The third-order valence-electron chi connectivity index (χ3n) is 4.28. The van der Waals surface area contributed by atoms with Crippen LogP contribution < -0.4 is 5.32 Å². The maximum absolute atomic E-state index is 3.77. The van der Waals surface area contributed by atoms with Gasteiger partial charge in [-0.1, -0.05) is 39.0 Å². The van der Waals surface area contributed by atoms with Crippen LogP contribution in [-0.4, -0.2) is 5.54 Å². The van der Waals surface area contributed by atoms with Crippen LogP contribution in [0.2, 0.25) is 0 Å². The van der Waals surface area contributed by atoms with Crippen LogP contribution in [0.15, 0.2) is 24.3 Å². The van der Waals surface area contributed by atoms with E-state index in [1.165, 1.54) is 36.9 Å². The van der Waals surface area contributed by atoms with Gasteiger partial charge in [0.2, 0.25) is 0 Å². The average Bonchev–Trinajstić information content (AvgIpc) is 2.37. The quantitative estimate of drug-likeness (QED) is 0.783. The molecule has 1 aliphatic heterocycles. The fourth-order valence-corrected chi connectivity index (χ4v) is 2.96. The molecule has 88 valence electrons. The van der Waals surface area contributed by atoms with Crippen LogP contribution in [0, 0.1) is 0 Å². The first-order valence-electron chi connectivity index (χ1n) is 6.61. The fourth-order valence-electron chi connectivity index (χ4n) is 2.96. The molecule has 1 nitrogen and oxygen atoms in total. The van der Waals surface area contributed by atoms with Crippen LogP contribution in [-0.2, 0) is 0 Å². The molecular formula is C15H23N. The summed E-state index contributed by atoms with van der Waals surface area (Å²) in [6.07, 6.45) is 4.97. The molecule has 1 aromatic rings. The molecule has 1 unspecified atom stereocenters. The first kappa shape index (κ1) is 11.5. The Kier molecular flexibility index (Phi) is 3.22. The molecular weight excluding hydrogens is 194 g/mol. The highest BCUT2D eigenvalue weighted by Crippen LogP contribution is 2.43. The Balaban J connectivity index is 2.38. The predicted octanol–water partition coefficient (Wildman–Crippen LogP) is 4.55. The predicted molar refractivity (Wildman–Crippen MR) is 71.0 cm³/mol. The van der Waals surface area contributed by atoms with E-state index in [0.717, 1.165) is 5.92 Å². The minimum Gasteiger partial charge on any atom is -0.379 e. The summed E-state index contributed by atoms with van der Waals surface area (Å²) in [5, 5.41) is 3.77. The highest BCUT2D eigenvalue weighted by atomic mass is 15.0. The molecule has 1 aromatic carbocycles. The van der Waals surface area contributed by atoms with Crippen LogP contribution >= 0.6 is 0 Å². The number of anilines is 1. The van der Waals surface area contributed by atoms with Crippen molar-refractivity contribution in [1.82, 2.24) is 0 Å². The Morgan fingerprint density at radius 3 is 2.50 bits per heavy atom. The molecule has 1 heterocycles. The monoisotopic (exact) mass is 217 g/mol. The van der Waals surface area contributed by atoms with Crippen molar-refractivity contribution in [3.8, 4) is 0 Å². The summed E-state index contributed by atoms with van der Waals surface area (Å²) in [6, 6.07) is 8.82. The van der Waals surface area contributed by atoms with Gasteiger partial charge in [0.05, 0.1) is 0 Å². The summed E-state index contributed by atoms with van der Waals surface area (Å²) >= 11 is 0. The molecule has 0 saturated carbocycles. The van der Waals surface area contributed by atoms with Crippen LogP contribution in [0.1, 0.15) is 57.9 Å². The number of benzene rings is 1. The molecule has 0 saturated heterocycles. The third-order valence-corrected chi connectivity index (χ3v) is 4.28. The minimum absolute atomic E-state index is 0.328. The molecule has 1 aliphatic rings. The molecule has 0 radical (unpaired) electrons. The first-order valence-corrected chi connectivity index (χ1v) is 6.61. The summed E-state index contributed by atoms with van der Waals surface area (Å²) in [6.45, 7) is 6.91. The van der Waals surface area contributed by atoms with E-state index >= 15 is 0 Å². The lowest BCUT2D eigenvalue weighted by molar-refractivity contribution is 0.349. The molecule has 0 aliphatic carbocycles. The topological polar surface area (TPSA) is 12.0 Å². The summed E-state index contributed by atoms with van der Waals surface area (Å²) in [5.74, 6) is 0.734. The van der Waals surface area contributed by atoms with E-state index in [1.807, 2.05) is 0 Å². The molecule has 1 N–H and O–H groups in total. The van der Waals surface area contributed by atoms with Gasteiger partial charge in [-0.25, -0.2) is 0 Å². The van der Waals surface area contributed by atoms with Crippen molar-refractivity contribution >= 4 is 5.69 Å². The highest BCUT2D eigenvalue weighted by molar-refractivity contribution is 5.57. The molecule has 0 spiro atoms. The van der Waals surface area contributed by atoms with Crippen molar-refractivity contribution < 1.29 is 0 Å². The minimum atomic E-state index is 0.328. The van der Waals surface area contributed by atoms with Crippen molar-refractivity contribution in [2.45, 2.75) is 57.9 Å². The van der Waals surface area contributed by atoms with Crippen LogP contribution in [0.5, 0.6) is 0 Å². The zero-order chi connectivity index (χ0) is 11.6. The summed E-state index contributed by atoms with van der Waals surface area (Å²) in [5.41, 5.74) is 3.21. The van der Waals surface area contributed by atoms with Crippen molar-refractivity contribution in [1.29, 1.82) is 0 Å². The van der Waals surface area contributed by atoms with E-state index in [4.69, 9.17) is 0 Å². The molecule has 2 rings (SSSR count). The van der Waals surface area contributed by atoms with Crippen LogP contribution in [0.4, 0.5) is 5.69 Å². The van der Waals surface area contributed by atoms with E-state index in [0.29, 0.717) is 5.54 Å².